The predicted octanol–water partition coefficient (Wildman–Crippen LogP) is 2.48. The van der Waals surface area contributed by atoms with E-state index in [9.17, 15) is 9.59 Å². The second-order valence-electron chi connectivity index (χ2n) is 3.66. The van der Waals surface area contributed by atoms with Crippen molar-refractivity contribution in [1.82, 2.24) is 0 Å². The number of hydrogen-bond acceptors (Lipinski definition) is 4. The third-order valence-electron chi connectivity index (χ3n) is 2.46. The summed E-state index contributed by atoms with van der Waals surface area (Å²) in [7, 11) is 0. The summed E-state index contributed by atoms with van der Waals surface area (Å²) in [6.07, 6.45) is 1.33. The second kappa shape index (κ2) is 8.79. The first kappa shape index (κ1) is 15.7. The molecule has 0 fully saturated rings. The van der Waals surface area contributed by atoms with Crippen LogP contribution in [0.5, 0.6) is 0 Å². The minimum atomic E-state index is -0.399. The molecule has 1 unspecified atom stereocenters. The highest BCUT2D eigenvalue weighted by atomic mass is 16.5. The van der Waals surface area contributed by atoms with Gasteiger partial charge in [0.05, 0.1) is 19.1 Å². The molecule has 0 aromatic heterocycles. The molecule has 0 radical (unpaired) electrons. The summed E-state index contributed by atoms with van der Waals surface area (Å²) in [5.41, 5.74) is 0.799. The monoisotopic (exact) mass is 242 g/mol. The van der Waals surface area contributed by atoms with Gasteiger partial charge in [0.15, 0.2) is 0 Å². The van der Waals surface area contributed by atoms with Crippen molar-refractivity contribution < 1.29 is 19.1 Å². The average molecular weight is 242 g/mol. The van der Waals surface area contributed by atoms with E-state index in [2.05, 4.69) is 6.58 Å². The van der Waals surface area contributed by atoms with Gasteiger partial charge in [-0.3, -0.25) is 9.59 Å². The van der Waals surface area contributed by atoms with Crippen LogP contribution in [0.25, 0.3) is 0 Å². The Morgan fingerprint density at radius 3 is 2.18 bits per heavy atom. The second-order valence-corrected chi connectivity index (χ2v) is 3.66. The normalized spacial score (nSPS) is 11.7. The Bertz CT molecular complexity index is 271. The molecular weight excluding hydrogens is 220 g/mol. The molecule has 0 N–H and O–H groups in total. The molecule has 0 rings (SSSR count). The van der Waals surface area contributed by atoms with Gasteiger partial charge in [-0.1, -0.05) is 19.1 Å². The standard InChI is InChI=1S/C13H22O4/c1-5-10(4)11(13(15)17-7-3)8-9-12(14)16-6-2/h11H,4-9H2,1-3H3. The Labute approximate surface area is 103 Å². The van der Waals surface area contributed by atoms with Gasteiger partial charge in [-0.15, -0.1) is 0 Å². The van der Waals surface area contributed by atoms with Gasteiger partial charge in [-0.25, -0.2) is 0 Å². The van der Waals surface area contributed by atoms with Crippen LogP contribution in [0.4, 0.5) is 0 Å². The van der Waals surface area contributed by atoms with Crippen LogP contribution in [0.15, 0.2) is 12.2 Å². The van der Waals surface area contributed by atoms with Crippen LogP contribution in [0, 0.1) is 5.92 Å². The molecule has 0 heterocycles. The zero-order valence-corrected chi connectivity index (χ0v) is 11.0. The third kappa shape index (κ3) is 6.09. The molecule has 0 aliphatic heterocycles. The van der Waals surface area contributed by atoms with Crippen molar-refractivity contribution in [3.05, 3.63) is 12.2 Å². The first-order valence-corrected chi connectivity index (χ1v) is 6.06. The van der Waals surface area contributed by atoms with E-state index >= 15 is 0 Å². The smallest absolute Gasteiger partial charge is 0.313 e. The fourth-order valence-corrected chi connectivity index (χ4v) is 1.47. The Hall–Kier alpha value is -1.32. The maximum Gasteiger partial charge on any atom is 0.313 e. The fraction of sp³-hybridized carbons (Fsp3) is 0.692. The number of rotatable bonds is 8. The number of esters is 2. The van der Waals surface area contributed by atoms with Crippen molar-refractivity contribution in [2.75, 3.05) is 13.2 Å². The zero-order valence-electron chi connectivity index (χ0n) is 11.0. The highest BCUT2D eigenvalue weighted by Gasteiger charge is 2.23. The van der Waals surface area contributed by atoms with Crippen molar-refractivity contribution in [2.45, 2.75) is 40.0 Å². The fourth-order valence-electron chi connectivity index (χ4n) is 1.47. The van der Waals surface area contributed by atoms with Gasteiger partial charge in [0.2, 0.25) is 0 Å². The largest absolute Gasteiger partial charge is 0.466 e. The topological polar surface area (TPSA) is 52.6 Å². The molecule has 4 nitrogen and oxygen atoms in total. The number of ether oxygens (including phenoxy) is 2. The van der Waals surface area contributed by atoms with Gasteiger partial charge in [0.25, 0.3) is 0 Å². The molecule has 0 aliphatic carbocycles. The molecular formula is C13H22O4. The first-order chi connectivity index (χ1) is 8.06. The van der Waals surface area contributed by atoms with Crippen LogP contribution in [-0.2, 0) is 19.1 Å². The molecule has 0 bridgehead atoms. The summed E-state index contributed by atoms with van der Waals surface area (Å²) < 4.78 is 9.79. The van der Waals surface area contributed by atoms with Crippen LogP contribution >= 0.6 is 0 Å². The maximum absolute atomic E-state index is 11.7. The van der Waals surface area contributed by atoms with Gasteiger partial charge in [-0.05, 0) is 26.7 Å². The Kier molecular flexibility index (Phi) is 8.11. The Morgan fingerprint density at radius 1 is 1.12 bits per heavy atom. The van der Waals surface area contributed by atoms with Gasteiger partial charge in [-0.2, -0.15) is 0 Å². The van der Waals surface area contributed by atoms with Crippen LogP contribution in [0.1, 0.15) is 40.0 Å². The summed E-state index contributed by atoms with van der Waals surface area (Å²) in [6.45, 7) is 9.99. The molecule has 1 atom stereocenters. The zero-order chi connectivity index (χ0) is 13.3. The molecule has 0 aromatic rings. The molecule has 98 valence electrons. The highest BCUT2D eigenvalue weighted by Crippen LogP contribution is 2.20. The van der Waals surface area contributed by atoms with Crippen LogP contribution in [0.2, 0.25) is 0 Å². The molecule has 0 saturated carbocycles. The van der Waals surface area contributed by atoms with Crippen molar-refractivity contribution in [3.63, 3.8) is 0 Å². The lowest BCUT2D eigenvalue weighted by Gasteiger charge is -2.16. The van der Waals surface area contributed by atoms with Crippen LogP contribution in [0.3, 0.4) is 0 Å². The first-order valence-electron chi connectivity index (χ1n) is 6.06. The van der Waals surface area contributed by atoms with Crippen molar-refractivity contribution >= 4 is 11.9 Å². The van der Waals surface area contributed by atoms with E-state index in [-0.39, 0.29) is 18.4 Å². The number of hydrogen-bond donors (Lipinski definition) is 0. The molecule has 0 spiro atoms. The van der Waals surface area contributed by atoms with Crippen molar-refractivity contribution in [2.24, 2.45) is 5.92 Å². The SMILES string of the molecule is C=C(CC)C(CCC(=O)OCC)C(=O)OCC. The average Bonchev–Trinajstić information content (AvgIpc) is 2.29. The lowest BCUT2D eigenvalue weighted by molar-refractivity contribution is -0.148. The van der Waals surface area contributed by atoms with Gasteiger partial charge < -0.3 is 9.47 Å². The Morgan fingerprint density at radius 2 is 1.71 bits per heavy atom. The van der Waals surface area contributed by atoms with E-state index in [1.165, 1.54) is 0 Å². The molecule has 4 heteroatoms. The van der Waals surface area contributed by atoms with Crippen molar-refractivity contribution in [3.8, 4) is 0 Å². The molecule has 0 saturated heterocycles. The number of carbonyl (C=O) groups is 2. The van der Waals surface area contributed by atoms with Crippen LogP contribution in [-0.4, -0.2) is 25.2 Å². The molecule has 0 amide bonds. The van der Waals surface area contributed by atoms with E-state index in [4.69, 9.17) is 9.47 Å². The summed E-state index contributed by atoms with van der Waals surface area (Å²) >= 11 is 0. The molecule has 17 heavy (non-hydrogen) atoms. The minimum absolute atomic E-state index is 0.219. The molecule has 0 aromatic carbocycles. The van der Waals surface area contributed by atoms with E-state index in [1.807, 2.05) is 6.92 Å². The van der Waals surface area contributed by atoms with Gasteiger partial charge in [0.1, 0.15) is 0 Å². The minimum Gasteiger partial charge on any atom is -0.466 e. The van der Waals surface area contributed by atoms with Gasteiger partial charge >= 0.3 is 11.9 Å². The van der Waals surface area contributed by atoms with E-state index in [1.54, 1.807) is 13.8 Å². The highest BCUT2D eigenvalue weighted by molar-refractivity contribution is 5.77. The van der Waals surface area contributed by atoms with E-state index < -0.39 is 5.92 Å². The van der Waals surface area contributed by atoms with Gasteiger partial charge in [0, 0.05) is 6.42 Å². The van der Waals surface area contributed by atoms with E-state index in [0.717, 1.165) is 5.57 Å². The lowest BCUT2D eigenvalue weighted by Crippen LogP contribution is -2.21. The van der Waals surface area contributed by atoms with E-state index in [0.29, 0.717) is 26.1 Å². The molecule has 0 aliphatic rings. The van der Waals surface area contributed by atoms with Crippen molar-refractivity contribution in [1.29, 1.82) is 0 Å². The van der Waals surface area contributed by atoms with Crippen LogP contribution < -0.4 is 0 Å². The summed E-state index contributed by atoms with van der Waals surface area (Å²) in [5, 5.41) is 0. The lowest BCUT2D eigenvalue weighted by atomic mass is 9.93. The maximum atomic E-state index is 11.7. The quantitative estimate of drug-likeness (QED) is 0.484. The summed E-state index contributed by atoms with van der Waals surface area (Å²) in [4.78, 5) is 22.9. The number of carbonyl (C=O) groups excluding carboxylic acids is 2. The Balaban J connectivity index is 4.34. The predicted molar refractivity (Wildman–Crippen MR) is 65.4 cm³/mol. The third-order valence-corrected chi connectivity index (χ3v) is 2.46. The summed E-state index contributed by atoms with van der Waals surface area (Å²) in [6, 6.07) is 0. The summed E-state index contributed by atoms with van der Waals surface area (Å²) in [5.74, 6) is -0.987.